The molecule has 0 aliphatic rings. The van der Waals surface area contributed by atoms with Crippen molar-refractivity contribution in [2.45, 2.75) is 37.0 Å². The molecule has 0 aliphatic carbocycles. The highest BCUT2D eigenvalue weighted by Gasteiger charge is 2.29. The molecule has 0 bridgehead atoms. The second-order valence-electron chi connectivity index (χ2n) is 6.93. The summed E-state index contributed by atoms with van der Waals surface area (Å²) >= 11 is 1.64. The Morgan fingerprint density at radius 3 is 2.79 bits per heavy atom. The second-order valence-corrected chi connectivity index (χ2v) is 7.81. The van der Waals surface area contributed by atoms with Crippen molar-refractivity contribution in [2.75, 3.05) is 11.6 Å². The van der Waals surface area contributed by atoms with Gasteiger partial charge in [-0.1, -0.05) is 6.07 Å². The van der Waals surface area contributed by atoms with Crippen molar-refractivity contribution in [2.24, 2.45) is 0 Å². The molecule has 0 saturated carbocycles. The Balaban J connectivity index is 1.72. The minimum absolute atomic E-state index is 0.358. The van der Waals surface area contributed by atoms with Gasteiger partial charge < -0.3 is 24.7 Å². The molecule has 0 radical (unpaired) electrons. The van der Waals surface area contributed by atoms with Crippen molar-refractivity contribution in [3.63, 3.8) is 0 Å². The van der Waals surface area contributed by atoms with Gasteiger partial charge in [0.25, 0.3) is 0 Å². The van der Waals surface area contributed by atoms with Crippen molar-refractivity contribution in [3.05, 3.63) is 54.3 Å². The van der Waals surface area contributed by atoms with Crippen LogP contribution in [0, 0.1) is 0 Å². The molecule has 0 saturated heterocycles. The number of fused-ring (bicyclic) bond motifs is 1. The molecule has 0 spiro atoms. The Kier molecular flexibility index (Phi) is 5.86. The van der Waals surface area contributed by atoms with Gasteiger partial charge in [0, 0.05) is 34.0 Å². The first kappa shape index (κ1) is 20.1. The molecule has 1 heterocycles. The van der Waals surface area contributed by atoms with Crippen LogP contribution in [0.25, 0.3) is 11.0 Å². The van der Waals surface area contributed by atoms with Gasteiger partial charge in [0.1, 0.15) is 17.6 Å². The van der Waals surface area contributed by atoms with Crippen molar-refractivity contribution >= 4 is 34.4 Å². The number of carbonyl (C=O) groups is 1. The minimum Gasteiger partial charge on any atom is -0.478 e. The Morgan fingerprint density at radius 1 is 1.29 bits per heavy atom. The van der Waals surface area contributed by atoms with Gasteiger partial charge in [0.15, 0.2) is 5.60 Å². The highest BCUT2D eigenvalue weighted by Crippen LogP contribution is 2.29. The Bertz CT molecular complexity index is 982. The first-order valence-electron chi connectivity index (χ1n) is 8.79. The van der Waals surface area contributed by atoms with Gasteiger partial charge in [0.05, 0.1) is 6.26 Å². The number of hydrogen-bond acceptors (Lipinski definition) is 6. The summed E-state index contributed by atoms with van der Waals surface area (Å²) in [5.41, 5.74) is 0.929. The molecule has 7 heteroatoms. The van der Waals surface area contributed by atoms with Crippen LogP contribution in [0.15, 0.2) is 58.0 Å². The maximum Gasteiger partial charge on any atom is 0.347 e. The van der Waals surface area contributed by atoms with E-state index >= 15 is 0 Å². The first-order valence-corrected chi connectivity index (χ1v) is 10.0. The monoisotopic (exact) mass is 401 g/mol. The van der Waals surface area contributed by atoms with Gasteiger partial charge in [-0.05, 0) is 50.4 Å². The fourth-order valence-electron chi connectivity index (χ4n) is 2.79. The average molecular weight is 401 g/mol. The molecule has 3 aromatic rings. The van der Waals surface area contributed by atoms with E-state index in [1.54, 1.807) is 30.2 Å². The normalized spacial score (nSPS) is 12.7. The van der Waals surface area contributed by atoms with Crippen LogP contribution in [0.1, 0.15) is 19.4 Å². The molecular formula is C21H23NO5S. The molecule has 2 aromatic carbocycles. The average Bonchev–Trinajstić information content (AvgIpc) is 3.03. The molecule has 3 rings (SSSR count). The number of aliphatic hydroxyl groups excluding tert-OH is 1. The van der Waals surface area contributed by atoms with Crippen LogP contribution in [0.3, 0.4) is 0 Å². The Morgan fingerprint density at radius 2 is 2.07 bits per heavy atom. The third-order valence-electron chi connectivity index (χ3n) is 4.33. The lowest BCUT2D eigenvalue weighted by atomic mass is 10.1. The van der Waals surface area contributed by atoms with Crippen LogP contribution in [0.5, 0.6) is 5.75 Å². The number of rotatable bonds is 8. The van der Waals surface area contributed by atoms with Crippen molar-refractivity contribution in [1.82, 2.24) is 0 Å². The third kappa shape index (κ3) is 4.61. The number of carboxylic acid groups (broad SMARTS) is 1. The maximum absolute atomic E-state index is 11.2. The second kappa shape index (κ2) is 8.16. The molecule has 6 nitrogen and oxygen atoms in total. The largest absolute Gasteiger partial charge is 0.478 e. The van der Waals surface area contributed by atoms with Crippen LogP contribution >= 0.6 is 11.8 Å². The zero-order valence-corrected chi connectivity index (χ0v) is 16.7. The molecule has 1 atom stereocenters. The quantitative estimate of drug-likeness (QED) is 0.381. The molecule has 0 aliphatic heterocycles. The van der Waals surface area contributed by atoms with Crippen LogP contribution in [-0.4, -0.2) is 34.3 Å². The van der Waals surface area contributed by atoms with Crippen molar-refractivity contribution in [1.29, 1.82) is 0 Å². The van der Waals surface area contributed by atoms with E-state index in [2.05, 4.69) is 5.32 Å². The molecule has 148 valence electrons. The number of aliphatic hydroxyl groups is 1. The van der Waals surface area contributed by atoms with Crippen LogP contribution in [0.4, 0.5) is 5.69 Å². The number of carboxylic acids is 1. The van der Waals surface area contributed by atoms with Crippen LogP contribution in [-0.2, 0) is 11.2 Å². The number of thioether (sulfide) groups is 1. The van der Waals surface area contributed by atoms with Gasteiger partial charge in [-0.25, -0.2) is 4.79 Å². The number of aliphatic carboxylic acids is 1. The summed E-state index contributed by atoms with van der Waals surface area (Å²) in [5, 5.41) is 23.5. The Labute approximate surface area is 167 Å². The predicted octanol–water partition coefficient (Wildman–Crippen LogP) is 4.37. The summed E-state index contributed by atoms with van der Waals surface area (Å²) in [6.07, 6.45) is 3.18. The van der Waals surface area contributed by atoms with Crippen LogP contribution < -0.4 is 10.1 Å². The fraction of sp³-hybridized carbons (Fsp3) is 0.286. The smallest absolute Gasteiger partial charge is 0.347 e. The van der Waals surface area contributed by atoms with E-state index in [9.17, 15) is 15.0 Å². The SMILES string of the molecule is CSc1cccc(NC(O)Cc2coc3cc(OC(C)(C)C(=O)O)ccc23)c1. The minimum atomic E-state index is -1.34. The van der Waals surface area contributed by atoms with E-state index in [1.165, 1.54) is 13.8 Å². The van der Waals surface area contributed by atoms with E-state index in [4.69, 9.17) is 9.15 Å². The molecule has 3 N–H and O–H groups in total. The van der Waals surface area contributed by atoms with E-state index < -0.39 is 17.8 Å². The van der Waals surface area contributed by atoms with Gasteiger partial charge in [0.2, 0.25) is 0 Å². The number of benzene rings is 2. The van der Waals surface area contributed by atoms with Crippen molar-refractivity contribution < 1.29 is 24.2 Å². The van der Waals surface area contributed by atoms with Gasteiger partial charge in [-0.3, -0.25) is 0 Å². The molecule has 1 aromatic heterocycles. The number of furan rings is 1. The predicted molar refractivity (Wildman–Crippen MR) is 110 cm³/mol. The van der Waals surface area contributed by atoms with E-state index in [0.717, 1.165) is 21.5 Å². The fourth-order valence-corrected chi connectivity index (χ4v) is 3.25. The lowest BCUT2D eigenvalue weighted by Gasteiger charge is -2.21. The lowest BCUT2D eigenvalue weighted by molar-refractivity contribution is -0.152. The number of nitrogens with one attached hydrogen (secondary N) is 1. The highest BCUT2D eigenvalue weighted by atomic mass is 32.2. The first-order chi connectivity index (χ1) is 13.3. The van der Waals surface area contributed by atoms with Gasteiger partial charge >= 0.3 is 5.97 Å². The highest BCUT2D eigenvalue weighted by molar-refractivity contribution is 7.98. The summed E-state index contributed by atoms with van der Waals surface area (Å²) in [7, 11) is 0. The third-order valence-corrected chi connectivity index (χ3v) is 5.06. The number of anilines is 1. The summed E-state index contributed by atoms with van der Waals surface area (Å²) < 4.78 is 11.1. The number of ether oxygens (including phenoxy) is 1. The molecule has 28 heavy (non-hydrogen) atoms. The molecule has 1 unspecified atom stereocenters. The van der Waals surface area contributed by atoms with E-state index in [0.29, 0.717) is 17.8 Å². The standard InChI is InChI=1S/C21H23NO5S/c1-21(2,20(24)25)27-15-7-8-17-13(12-26-18(17)11-15)9-19(23)22-14-5-4-6-16(10-14)28-3/h4-8,10-12,19,22-23H,9H2,1-3H3,(H,24,25). The van der Waals surface area contributed by atoms with Gasteiger partial charge in [-0.2, -0.15) is 0 Å². The van der Waals surface area contributed by atoms with Gasteiger partial charge in [-0.15, -0.1) is 11.8 Å². The van der Waals surface area contributed by atoms with E-state index in [1.807, 2.05) is 36.6 Å². The van der Waals surface area contributed by atoms with E-state index in [-0.39, 0.29) is 0 Å². The lowest BCUT2D eigenvalue weighted by Crippen LogP contribution is -2.37. The zero-order valence-electron chi connectivity index (χ0n) is 15.9. The van der Waals surface area contributed by atoms with Crippen molar-refractivity contribution in [3.8, 4) is 5.75 Å². The number of hydrogen-bond donors (Lipinski definition) is 3. The molecule has 0 fully saturated rings. The summed E-state index contributed by atoms with van der Waals surface area (Å²) in [4.78, 5) is 12.3. The summed E-state index contributed by atoms with van der Waals surface area (Å²) in [6.45, 7) is 2.97. The molecule has 0 amide bonds. The topological polar surface area (TPSA) is 91.9 Å². The summed E-state index contributed by atoms with van der Waals surface area (Å²) in [6, 6.07) is 13.0. The Hall–Kier alpha value is -2.64. The van der Waals surface area contributed by atoms with Crippen LogP contribution in [0.2, 0.25) is 0 Å². The summed E-state index contributed by atoms with van der Waals surface area (Å²) in [5.74, 6) is -0.638. The maximum atomic E-state index is 11.2. The molecular weight excluding hydrogens is 378 g/mol. The zero-order chi connectivity index (χ0) is 20.3.